The minimum atomic E-state index is 0.0840. The minimum absolute atomic E-state index is 0.0840. The number of amides is 1. The Kier molecular flexibility index (Phi) is 8.02. The third-order valence-corrected chi connectivity index (χ3v) is 7.67. The fourth-order valence-corrected chi connectivity index (χ4v) is 5.55. The molecule has 2 heterocycles. The molecule has 2 aromatic carbocycles. The molecule has 4 aromatic rings. The van der Waals surface area contributed by atoms with Crippen molar-refractivity contribution in [1.29, 1.82) is 0 Å². The molecule has 4 nitrogen and oxygen atoms in total. The second-order valence-corrected chi connectivity index (χ2v) is 10.7. The molecule has 0 aliphatic heterocycles. The van der Waals surface area contributed by atoms with Crippen LogP contribution in [0, 0.1) is 0 Å². The van der Waals surface area contributed by atoms with Gasteiger partial charge in [-0.25, -0.2) is 4.98 Å². The normalized spacial score (nSPS) is 11.3. The van der Waals surface area contributed by atoms with Gasteiger partial charge in [0.1, 0.15) is 0 Å². The van der Waals surface area contributed by atoms with E-state index in [9.17, 15) is 4.79 Å². The molecule has 2 aromatic heterocycles. The number of thiazole rings is 1. The first-order valence-corrected chi connectivity index (χ1v) is 13.2. The van der Waals surface area contributed by atoms with Crippen LogP contribution in [0.1, 0.15) is 43.7 Å². The first-order chi connectivity index (χ1) is 16.0. The van der Waals surface area contributed by atoms with E-state index in [-0.39, 0.29) is 5.91 Å². The fourth-order valence-electron chi connectivity index (χ4n) is 3.56. The number of benzene rings is 2. The zero-order valence-corrected chi connectivity index (χ0v) is 21.1. The Hall–Kier alpha value is -2.41. The minimum Gasteiger partial charge on any atom is -0.284 e. The van der Waals surface area contributed by atoms with Crippen LogP contribution in [0.5, 0.6) is 0 Å². The first kappa shape index (κ1) is 23.7. The van der Waals surface area contributed by atoms with Crippen molar-refractivity contribution in [3.63, 3.8) is 0 Å². The van der Waals surface area contributed by atoms with Crippen LogP contribution in [0.2, 0.25) is 5.02 Å². The van der Waals surface area contributed by atoms with E-state index in [4.69, 9.17) is 16.6 Å². The number of anilines is 1. The highest BCUT2D eigenvalue weighted by Gasteiger charge is 2.21. The number of rotatable bonds is 9. The Morgan fingerprint density at radius 3 is 2.67 bits per heavy atom. The lowest BCUT2D eigenvalue weighted by molar-refractivity contribution is -0.118. The van der Waals surface area contributed by atoms with Crippen molar-refractivity contribution < 1.29 is 4.79 Å². The van der Waals surface area contributed by atoms with Gasteiger partial charge in [-0.1, -0.05) is 55.0 Å². The topological polar surface area (TPSA) is 46.1 Å². The number of aromatic nitrogens is 2. The summed E-state index contributed by atoms with van der Waals surface area (Å²) in [5.41, 5.74) is 3.20. The van der Waals surface area contributed by atoms with E-state index in [2.05, 4.69) is 37.0 Å². The van der Waals surface area contributed by atoms with Crippen LogP contribution < -0.4 is 4.90 Å². The molecule has 33 heavy (non-hydrogen) atoms. The largest absolute Gasteiger partial charge is 0.284 e. The molecule has 0 spiro atoms. The number of nitrogens with zero attached hydrogens (tertiary/aromatic N) is 3. The summed E-state index contributed by atoms with van der Waals surface area (Å²) in [6.45, 7) is 4.81. The Bertz CT molecular complexity index is 1210. The van der Waals surface area contributed by atoms with Crippen molar-refractivity contribution in [3.05, 3.63) is 83.1 Å². The summed E-state index contributed by atoms with van der Waals surface area (Å²) in [6.07, 6.45) is 4.81. The first-order valence-electron chi connectivity index (χ1n) is 11.0. The van der Waals surface area contributed by atoms with E-state index in [1.807, 2.05) is 47.5 Å². The number of hydrogen-bond donors (Lipinski definition) is 0. The number of para-hydroxylation sites is 1. The Morgan fingerprint density at radius 2 is 1.94 bits per heavy atom. The lowest BCUT2D eigenvalue weighted by Crippen LogP contribution is -2.30. The van der Waals surface area contributed by atoms with Gasteiger partial charge in [0.25, 0.3) is 0 Å². The number of carbonyl (C=O) groups excluding carboxylic acids is 1. The highest BCUT2D eigenvalue weighted by atomic mass is 35.5. The molecule has 0 aliphatic rings. The smallest absolute Gasteiger partial charge is 0.229 e. The third kappa shape index (κ3) is 6.14. The summed E-state index contributed by atoms with van der Waals surface area (Å²) < 4.78 is 1.11. The second kappa shape index (κ2) is 11.1. The highest BCUT2D eigenvalue weighted by molar-refractivity contribution is 7.99. The molecule has 0 bridgehead atoms. The number of thioether (sulfide) groups is 1. The van der Waals surface area contributed by atoms with Gasteiger partial charge in [0, 0.05) is 28.7 Å². The Balaban J connectivity index is 1.51. The molecule has 170 valence electrons. The van der Waals surface area contributed by atoms with Gasteiger partial charge in [-0.05, 0) is 65.6 Å². The lowest BCUT2D eigenvalue weighted by atomic mass is 10.0. The lowest BCUT2D eigenvalue weighted by Gasteiger charge is -2.20. The Labute approximate surface area is 208 Å². The SMILES string of the molecule is CC(C)c1cccc2sc(N(Cc3cccnc3)C(=O)CCCSc3ccc(Cl)cc3)nc12. The molecule has 0 N–H and O–H groups in total. The quantitative estimate of drug-likeness (QED) is 0.177. The van der Waals surface area contributed by atoms with Gasteiger partial charge in [-0.2, -0.15) is 0 Å². The monoisotopic (exact) mass is 495 g/mol. The average molecular weight is 496 g/mol. The maximum Gasteiger partial charge on any atom is 0.229 e. The number of carbonyl (C=O) groups is 1. The van der Waals surface area contributed by atoms with Crippen molar-refractivity contribution >= 4 is 56.0 Å². The van der Waals surface area contributed by atoms with Crippen LogP contribution in [0.25, 0.3) is 10.2 Å². The average Bonchev–Trinajstić information content (AvgIpc) is 3.26. The van der Waals surface area contributed by atoms with Crippen molar-refractivity contribution in [3.8, 4) is 0 Å². The zero-order valence-electron chi connectivity index (χ0n) is 18.7. The van der Waals surface area contributed by atoms with Crippen LogP contribution in [0.4, 0.5) is 5.13 Å². The van der Waals surface area contributed by atoms with E-state index in [0.29, 0.717) is 18.9 Å². The molecule has 7 heteroatoms. The summed E-state index contributed by atoms with van der Waals surface area (Å²) in [5, 5.41) is 1.48. The predicted octanol–water partition coefficient (Wildman–Crippen LogP) is 7.57. The van der Waals surface area contributed by atoms with Crippen LogP contribution in [-0.4, -0.2) is 21.6 Å². The molecule has 0 radical (unpaired) electrons. The van der Waals surface area contributed by atoms with Crippen LogP contribution >= 0.6 is 34.7 Å². The Morgan fingerprint density at radius 1 is 1.12 bits per heavy atom. The molecule has 1 amide bonds. The predicted molar refractivity (Wildman–Crippen MR) is 141 cm³/mol. The van der Waals surface area contributed by atoms with Crippen LogP contribution in [0.15, 0.2) is 71.9 Å². The number of fused-ring (bicyclic) bond motifs is 1. The number of hydrogen-bond acceptors (Lipinski definition) is 5. The number of pyridine rings is 1. The number of halogens is 1. The van der Waals surface area contributed by atoms with E-state index >= 15 is 0 Å². The molecule has 0 atom stereocenters. The van der Waals surface area contributed by atoms with Gasteiger partial charge in [-0.15, -0.1) is 11.8 Å². The summed E-state index contributed by atoms with van der Waals surface area (Å²) in [7, 11) is 0. The van der Waals surface area contributed by atoms with Crippen LogP contribution in [0.3, 0.4) is 0 Å². The summed E-state index contributed by atoms with van der Waals surface area (Å²) in [6, 6.07) is 18.0. The molecule has 0 fully saturated rings. The van der Waals surface area contributed by atoms with Gasteiger partial charge < -0.3 is 0 Å². The van der Waals surface area contributed by atoms with E-state index in [1.54, 1.807) is 29.3 Å². The summed E-state index contributed by atoms with van der Waals surface area (Å²) >= 11 is 9.28. The van der Waals surface area contributed by atoms with Crippen LogP contribution in [-0.2, 0) is 11.3 Å². The van der Waals surface area contributed by atoms with E-state index in [1.165, 1.54) is 5.56 Å². The molecule has 0 aliphatic carbocycles. The van der Waals surface area contributed by atoms with Crippen molar-refractivity contribution in [2.75, 3.05) is 10.7 Å². The molecule has 0 saturated heterocycles. The van der Waals surface area contributed by atoms with Gasteiger partial charge in [0.2, 0.25) is 5.91 Å². The molecular weight excluding hydrogens is 470 g/mol. The summed E-state index contributed by atoms with van der Waals surface area (Å²) in [5.74, 6) is 1.32. The van der Waals surface area contributed by atoms with Crippen molar-refractivity contribution in [1.82, 2.24) is 9.97 Å². The van der Waals surface area contributed by atoms with Gasteiger partial charge in [0.15, 0.2) is 5.13 Å². The highest BCUT2D eigenvalue weighted by Crippen LogP contribution is 2.34. The zero-order chi connectivity index (χ0) is 23.2. The molecular formula is C26H26ClN3OS2. The second-order valence-electron chi connectivity index (χ2n) is 8.09. The van der Waals surface area contributed by atoms with Gasteiger partial charge >= 0.3 is 0 Å². The molecule has 0 unspecified atom stereocenters. The van der Waals surface area contributed by atoms with Gasteiger partial charge in [0.05, 0.1) is 16.8 Å². The maximum absolute atomic E-state index is 13.3. The van der Waals surface area contributed by atoms with Crippen molar-refractivity contribution in [2.45, 2.75) is 44.0 Å². The summed E-state index contributed by atoms with van der Waals surface area (Å²) in [4.78, 5) is 25.5. The molecule has 4 rings (SSSR count). The van der Waals surface area contributed by atoms with Crippen molar-refractivity contribution in [2.24, 2.45) is 0 Å². The third-order valence-electron chi connectivity index (χ3n) is 5.27. The van der Waals surface area contributed by atoms with Gasteiger partial charge in [-0.3, -0.25) is 14.7 Å². The van der Waals surface area contributed by atoms with E-state index < -0.39 is 0 Å². The van der Waals surface area contributed by atoms with E-state index in [0.717, 1.165) is 43.0 Å². The standard InChI is InChI=1S/C26H26ClN3OS2/c1-18(2)22-7-3-8-23-25(22)29-26(33-23)30(17-19-6-4-14-28-16-19)24(31)9-5-15-32-21-12-10-20(27)11-13-21/h3-4,6-8,10-14,16,18H,5,9,15,17H2,1-2H3. The fraction of sp³-hybridized carbons (Fsp3) is 0.269. The molecule has 0 saturated carbocycles. The maximum atomic E-state index is 13.3.